The molecule has 0 atom stereocenters. The van der Waals surface area contributed by atoms with Crippen molar-refractivity contribution in [2.75, 3.05) is 0 Å². The average Bonchev–Trinajstić information content (AvgIpc) is 2.15. The van der Waals surface area contributed by atoms with Gasteiger partial charge in [0.25, 0.3) is 0 Å². The maximum atomic E-state index is 5.22. The fourth-order valence-electron chi connectivity index (χ4n) is 0.698. The number of rotatable bonds is 1. The Morgan fingerprint density at radius 2 is 2.56 bits per heavy atom. The molecule has 0 amide bonds. The third-order valence-electron chi connectivity index (χ3n) is 1.06. The summed E-state index contributed by atoms with van der Waals surface area (Å²) in [7, 11) is 0. The van der Waals surface area contributed by atoms with Crippen LogP contribution in [0.15, 0.2) is 23.9 Å². The summed E-state index contributed by atoms with van der Waals surface area (Å²) < 4.78 is 0. The molecule has 0 aromatic rings. The van der Waals surface area contributed by atoms with Gasteiger partial charge in [0.1, 0.15) is 0 Å². The molecule has 9 heavy (non-hydrogen) atoms. The molecule has 0 aliphatic heterocycles. The molecule has 2 nitrogen and oxygen atoms in total. The van der Waals surface area contributed by atoms with E-state index in [0.717, 1.165) is 12.1 Å². The zero-order valence-electron chi connectivity index (χ0n) is 4.92. The zero-order chi connectivity index (χ0) is 6.69. The maximum Gasteiger partial charge on any atom is 0.167 e. The van der Waals surface area contributed by atoms with Crippen LogP contribution in [0.5, 0.6) is 0 Å². The Kier molecular flexibility index (Phi) is 1.85. The first kappa shape index (κ1) is 6.29. The van der Waals surface area contributed by atoms with Crippen molar-refractivity contribution in [3.8, 4) is 0 Å². The first-order chi connectivity index (χ1) is 4.29. The molecular weight excluding hydrogens is 132 g/mol. The van der Waals surface area contributed by atoms with Crippen molar-refractivity contribution in [2.24, 2.45) is 5.73 Å². The molecule has 0 saturated heterocycles. The van der Waals surface area contributed by atoms with Gasteiger partial charge in [0, 0.05) is 12.1 Å². The summed E-state index contributed by atoms with van der Waals surface area (Å²) in [5.74, 6) is 0. The van der Waals surface area contributed by atoms with Gasteiger partial charge in [-0.05, 0) is 18.3 Å². The van der Waals surface area contributed by atoms with Gasteiger partial charge in [0.2, 0.25) is 0 Å². The SMILES string of the molecule is NC(=S)NC1=CC=CC1. The summed E-state index contributed by atoms with van der Waals surface area (Å²) in [6, 6.07) is 0. The van der Waals surface area contributed by atoms with Crippen LogP contribution in [0.2, 0.25) is 0 Å². The highest BCUT2D eigenvalue weighted by atomic mass is 32.1. The van der Waals surface area contributed by atoms with Crippen molar-refractivity contribution in [1.29, 1.82) is 0 Å². The monoisotopic (exact) mass is 140 g/mol. The minimum Gasteiger partial charge on any atom is -0.376 e. The minimum atomic E-state index is 0.338. The van der Waals surface area contributed by atoms with E-state index in [1.54, 1.807) is 0 Å². The standard InChI is InChI=1S/C6H8N2S/c7-6(9)8-5-3-1-2-4-5/h1-3H,4H2,(H3,7,8,9). The lowest BCUT2D eigenvalue weighted by molar-refractivity contribution is 1.06. The van der Waals surface area contributed by atoms with Gasteiger partial charge in [-0.3, -0.25) is 0 Å². The summed E-state index contributed by atoms with van der Waals surface area (Å²) in [5.41, 5.74) is 6.30. The van der Waals surface area contributed by atoms with Crippen molar-refractivity contribution >= 4 is 17.3 Å². The molecule has 0 unspecified atom stereocenters. The van der Waals surface area contributed by atoms with Gasteiger partial charge in [-0.25, -0.2) is 0 Å². The Bertz CT molecular complexity index is 181. The molecule has 3 N–H and O–H groups in total. The van der Waals surface area contributed by atoms with Gasteiger partial charge in [0.15, 0.2) is 5.11 Å². The van der Waals surface area contributed by atoms with Crippen molar-refractivity contribution in [2.45, 2.75) is 6.42 Å². The van der Waals surface area contributed by atoms with Crippen LogP contribution < -0.4 is 11.1 Å². The highest BCUT2D eigenvalue weighted by molar-refractivity contribution is 7.80. The van der Waals surface area contributed by atoms with E-state index in [1.807, 2.05) is 18.2 Å². The molecule has 0 saturated carbocycles. The first-order valence-electron chi connectivity index (χ1n) is 2.71. The second-order valence-electron chi connectivity index (χ2n) is 1.81. The van der Waals surface area contributed by atoms with Crippen LogP contribution in [-0.2, 0) is 0 Å². The largest absolute Gasteiger partial charge is 0.376 e. The van der Waals surface area contributed by atoms with Crippen molar-refractivity contribution in [3.05, 3.63) is 23.9 Å². The van der Waals surface area contributed by atoms with Gasteiger partial charge < -0.3 is 11.1 Å². The van der Waals surface area contributed by atoms with E-state index in [9.17, 15) is 0 Å². The van der Waals surface area contributed by atoms with Crippen molar-refractivity contribution < 1.29 is 0 Å². The van der Waals surface area contributed by atoms with Crippen LogP contribution in [0.25, 0.3) is 0 Å². The van der Waals surface area contributed by atoms with Gasteiger partial charge in [0.05, 0.1) is 0 Å². The van der Waals surface area contributed by atoms with Gasteiger partial charge in [-0.2, -0.15) is 0 Å². The first-order valence-corrected chi connectivity index (χ1v) is 3.12. The average molecular weight is 140 g/mol. The predicted molar refractivity (Wildman–Crippen MR) is 41.8 cm³/mol. The predicted octanol–water partition coefficient (Wildman–Crippen LogP) is 0.663. The van der Waals surface area contributed by atoms with E-state index < -0.39 is 0 Å². The van der Waals surface area contributed by atoms with Crippen LogP contribution in [0.3, 0.4) is 0 Å². The maximum absolute atomic E-state index is 5.22. The van der Waals surface area contributed by atoms with Crippen LogP contribution in [0, 0.1) is 0 Å². The van der Waals surface area contributed by atoms with Crippen LogP contribution >= 0.6 is 12.2 Å². The lowest BCUT2D eigenvalue weighted by atomic mass is 10.4. The Morgan fingerprint density at radius 3 is 3.00 bits per heavy atom. The van der Waals surface area contributed by atoms with Crippen LogP contribution in [0.1, 0.15) is 6.42 Å². The third-order valence-corrected chi connectivity index (χ3v) is 1.16. The quantitative estimate of drug-likeness (QED) is 0.525. The van der Waals surface area contributed by atoms with E-state index in [-0.39, 0.29) is 0 Å². The Hall–Kier alpha value is -0.830. The normalized spacial score (nSPS) is 15.3. The van der Waals surface area contributed by atoms with Crippen LogP contribution in [-0.4, -0.2) is 5.11 Å². The zero-order valence-corrected chi connectivity index (χ0v) is 5.74. The van der Waals surface area contributed by atoms with Gasteiger partial charge in [-0.1, -0.05) is 12.2 Å². The topological polar surface area (TPSA) is 38.0 Å². The van der Waals surface area contributed by atoms with E-state index in [4.69, 9.17) is 5.73 Å². The van der Waals surface area contributed by atoms with Crippen molar-refractivity contribution in [3.63, 3.8) is 0 Å². The molecule has 1 aliphatic rings. The Labute approximate surface area is 59.4 Å². The fraction of sp³-hybridized carbons (Fsp3) is 0.167. The summed E-state index contributed by atoms with van der Waals surface area (Å²) in [5, 5.41) is 3.19. The van der Waals surface area contributed by atoms with Crippen molar-refractivity contribution in [1.82, 2.24) is 5.32 Å². The molecule has 0 aromatic carbocycles. The third kappa shape index (κ3) is 1.85. The molecule has 3 heteroatoms. The summed E-state index contributed by atoms with van der Waals surface area (Å²) in [6.07, 6.45) is 6.89. The molecule has 0 radical (unpaired) electrons. The summed E-state index contributed by atoms with van der Waals surface area (Å²) >= 11 is 4.63. The van der Waals surface area contributed by atoms with E-state index in [2.05, 4.69) is 17.5 Å². The molecule has 0 bridgehead atoms. The fourth-order valence-corrected chi connectivity index (χ4v) is 0.829. The molecule has 0 aromatic heterocycles. The number of hydrogen-bond donors (Lipinski definition) is 2. The molecule has 48 valence electrons. The minimum absolute atomic E-state index is 0.338. The molecule has 0 fully saturated rings. The molecule has 0 heterocycles. The van der Waals surface area contributed by atoms with Gasteiger partial charge in [-0.15, -0.1) is 0 Å². The smallest absolute Gasteiger partial charge is 0.167 e. The molecule has 1 rings (SSSR count). The lowest BCUT2D eigenvalue weighted by Crippen LogP contribution is -2.27. The molecular formula is C6H8N2S. The highest BCUT2D eigenvalue weighted by Gasteiger charge is 1.96. The van der Waals surface area contributed by atoms with E-state index in [1.165, 1.54) is 0 Å². The number of thiocarbonyl (C=S) groups is 1. The molecule has 0 spiro atoms. The Morgan fingerprint density at radius 1 is 1.78 bits per heavy atom. The summed E-state index contributed by atoms with van der Waals surface area (Å²) in [6.45, 7) is 0. The Balaban J connectivity index is 2.39. The van der Waals surface area contributed by atoms with Gasteiger partial charge >= 0.3 is 0 Å². The highest BCUT2D eigenvalue weighted by Crippen LogP contribution is 2.05. The lowest BCUT2D eigenvalue weighted by Gasteiger charge is -2.01. The molecule has 1 aliphatic carbocycles. The van der Waals surface area contributed by atoms with Crippen LogP contribution in [0.4, 0.5) is 0 Å². The number of hydrogen-bond acceptors (Lipinski definition) is 1. The number of nitrogens with two attached hydrogens (primary N) is 1. The second kappa shape index (κ2) is 2.64. The second-order valence-corrected chi connectivity index (χ2v) is 2.25. The van der Waals surface area contributed by atoms with E-state index in [0.29, 0.717) is 5.11 Å². The number of allylic oxidation sites excluding steroid dienone is 3. The van der Waals surface area contributed by atoms with E-state index >= 15 is 0 Å². The number of nitrogens with one attached hydrogen (secondary N) is 1. The summed E-state index contributed by atoms with van der Waals surface area (Å²) in [4.78, 5) is 0.